The van der Waals surface area contributed by atoms with Gasteiger partial charge in [-0.2, -0.15) is 0 Å². The first kappa shape index (κ1) is 22.5. The molecule has 1 fully saturated rings. The summed E-state index contributed by atoms with van der Waals surface area (Å²) in [5, 5.41) is 11.1. The van der Waals surface area contributed by atoms with Crippen LogP contribution in [0.3, 0.4) is 0 Å². The van der Waals surface area contributed by atoms with E-state index in [0.29, 0.717) is 18.5 Å². The molecule has 1 aliphatic rings. The van der Waals surface area contributed by atoms with Crippen LogP contribution < -0.4 is 5.76 Å². The predicted molar refractivity (Wildman–Crippen MR) is 120 cm³/mol. The minimum atomic E-state index is -1.08. The number of aryl methyl sites for hydroxylation is 1. The summed E-state index contributed by atoms with van der Waals surface area (Å²) in [6, 6.07) is 9.31. The fourth-order valence-electron chi connectivity index (χ4n) is 4.12. The van der Waals surface area contributed by atoms with Gasteiger partial charge < -0.3 is 19.3 Å². The topological polar surface area (TPSA) is 96.0 Å². The molecule has 1 atom stereocenters. The number of aliphatic hydroxyl groups is 1. The second-order valence-corrected chi connectivity index (χ2v) is 8.28. The molecule has 2 aromatic carbocycles. The van der Waals surface area contributed by atoms with Crippen LogP contribution >= 0.6 is 0 Å². The zero-order chi connectivity index (χ0) is 23.9. The summed E-state index contributed by atoms with van der Waals surface area (Å²) in [7, 11) is 5.33. The van der Waals surface area contributed by atoms with Crippen LogP contribution in [-0.2, 0) is 16.6 Å². The van der Waals surface area contributed by atoms with E-state index in [-0.39, 0.29) is 28.8 Å². The fourth-order valence-corrected chi connectivity index (χ4v) is 4.12. The van der Waals surface area contributed by atoms with Gasteiger partial charge in [-0.1, -0.05) is 18.2 Å². The highest BCUT2D eigenvalue weighted by molar-refractivity contribution is 6.46. The zero-order valence-electron chi connectivity index (χ0n) is 18.5. The molecule has 0 bridgehead atoms. The molecule has 0 aliphatic carbocycles. The molecule has 4 rings (SSSR count). The Bertz CT molecular complexity index is 1340. The normalized spacial score (nSPS) is 18.1. The molecule has 0 spiro atoms. The Labute approximate surface area is 189 Å². The molecule has 1 N–H and O–H groups in total. The number of rotatable bonds is 6. The minimum Gasteiger partial charge on any atom is -0.507 e. The van der Waals surface area contributed by atoms with Crippen LogP contribution in [0.5, 0.6) is 0 Å². The van der Waals surface area contributed by atoms with Gasteiger partial charge in [-0.05, 0) is 51.3 Å². The largest absolute Gasteiger partial charge is 0.507 e. The Kier molecular flexibility index (Phi) is 5.90. The molecule has 2 heterocycles. The standard InChI is InChI=1S/C24H24FN3O5/c1-26(2)11-6-12-28-20(15-7-4-5-8-16(15)25)19(22(30)23(28)31)21(29)14-9-10-17-18(13-14)33-24(32)27(17)3/h4-5,7-10,13,20,29H,6,11-12H2,1-3H3/b21-19+. The number of Topliss-reactive ketones (excluding diaryl/α,β-unsaturated/α-hetero) is 1. The fraction of sp³-hybridized carbons (Fsp3) is 0.292. The minimum absolute atomic E-state index is 0.121. The number of oxazole rings is 1. The summed E-state index contributed by atoms with van der Waals surface area (Å²) in [5.74, 6) is -3.30. The van der Waals surface area contributed by atoms with E-state index >= 15 is 0 Å². The molecule has 1 amide bonds. The first-order chi connectivity index (χ1) is 15.7. The number of aromatic nitrogens is 1. The quantitative estimate of drug-likeness (QED) is 0.350. The van der Waals surface area contributed by atoms with Crippen LogP contribution in [0.2, 0.25) is 0 Å². The van der Waals surface area contributed by atoms with Crippen molar-refractivity contribution in [2.24, 2.45) is 7.05 Å². The molecule has 172 valence electrons. The van der Waals surface area contributed by atoms with Crippen molar-refractivity contribution < 1.29 is 23.5 Å². The maximum absolute atomic E-state index is 14.8. The molecule has 9 heteroatoms. The summed E-state index contributed by atoms with van der Waals surface area (Å²) >= 11 is 0. The average Bonchev–Trinajstić information content (AvgIpc) is 3.20. The van der Waals surface area contributed by atoms with E-state index < -0.39 is 35.1 Å². The van der Waals surface area contributed by atoms with E-state index in [1.165, 1.54) is 39.8 Å². The number of nitrogens with zero attached hydrogens (tertiary/aromatic N) is 3. The molecule has 33 heavy (non-hydrogen) atoms. The highest BCUT2D eigenvalue weighted by Gasteiger charge is 2.46. The summed E-state index contributed by atoms with van der Waals surface area (Å²) in [6.07, 6.45) is 0.562. The van der Waals surface area contributed by atoms with Crippen molar-refractivity contribution in [2.45, 2.75) is 12.5 Å². The number of likely N-dealkylation sites (tertiary alicyclic amines) is 1. The van der Waals surface area contributed by atoms with Crippen molar-refractivity contribution in [2.75, 3.05) is 27.2 Å². The number of carbonyl (C=O) groups is 2. The van der Waals surface area contributed by atoms with Gasteiger partial charge in [0.05, 0.1) is 17.1 Å². The van der Waals surface area contributed by atoms with Gasteiger partial charge in [0.15, 0.2) is 5.58 Å². The molecular formula is C24H24FN3O5. The van der Waals surface area contributed by atoms with Gasteiger partial charge in [-0.15, -0.1) is 0 Å². The summed E-state index contributed by atoms with van der Waals surface area (Å²) in [5.41, 5.74) is 0.827. The lowest BCUT2D eigenvalue weighted by molar-refractivity contribution is -0.140. The van der Waals surface area contributed by atoms with Crippen molar-refractivity contribution >= 4 is 28.5 Å². The third-order valence-electron chi connectivity index (χ3n) is 5.81. The molecule has 1 saturated heterocycles. The Hall–Kier alpha value is -3.72. The number of carbonyl (C=O) groups excluding carboxylic acids is 2. The third-order valence-corrected chi connectivity index (χ3v) is 5.81. The first-order valence-electron chi connectivity index (χ1n) is 10.5. The lowest BCUT2D eigenvalue weighted by atomic mass is 9.94. The van der Waals surface area contributed by atoms with Crippen molar-refractivity contribution in [3.05, 3.63) is 75.5 Å². The van der Waals surface area contributed by atoms with Gasteiger partial charge in [0.1, 0.15) is 11.6 Å². The number of amides is 1. The highest BCUT2D eigenvalue weighted by Crippen LogP contribution is 2.40. The van der Waals surface area contributed by atoms with E-state index in [4.69, 9.17) is 4.42 Å². The summed E-state index contributed by atoms with van der Waals surface area (Å²) < 4.78 is 21.3. The van der Waals surface area contributed by atoms with Crippen LogP contribution in [0.1, 0.15) is 23.6 Å². The number of benzene rings is 2. The second kappa shape index (κ2) is 8.67. The summed E-state index contributed by atoms with van der Waals surface area (Å²) in [6.45, 7) is 0.877. The van der Waals surface area contributed by atoms with E-state index in [0.717, 1.165) is 0 Å². The van der Waals surface area contributed by atoms with Crippen LogP contribution in [0.4, 0.5) is 4.39 Å². The maximum Gasteiger partial charge on any atom is 0.419 e. The molecule has 8 nitrogen and oxygen atoms in total. The highest BCUT2D eigenvalue weighted by atomic mass is 19.1. The van der Waals surface area contributed by atoms with Crippen molar-refractivity contribution in [3.63, 3.8) is 0 Å². The van der Waals surface area contributed by atoms with Crippen LogP contribution in [0, 0.1) is 5.82 Å². The van der Waals surface area contributed by atoms with E-state index in [1.54, 1.807) is 19.2 Å². The van der Waals surface area contributed by atoms with E-state index in [2.05, 4.69) is 0 Å². The molecule has 0 radical (unpaired) electrons. The predicted octanol–water partition coefficient (Wildman–Crippen LogP) is 2.64. The maximum atomic E-state index is 14.8. The van der Waals surface area contributed by atoms with Crippen LogP contribution in [-0.4, -0.2) is 58.3 Å². The van der Waals surface area contributed by atoms with Crippen molar-refractivity contribution in [1.29, 1.82) is 0 Å². The number of hydrogen-bond donors (Lipinski definition) is 1. The SMILES string of the molecule is CN(C)CCCN1C(=O)C(=O)/C(=C(/O)c2ccc3c(c2)oc(=O)n3C)C1c1ccccc1F. The van der Waals surface area contributed by atoms with E-state index in [1.807, 2.05) is 19.0 Å². The zero-order valence-corrected chi connectivity index (χ0v) is 18.5. The molecular weight excluding hydrogens is 429 g/mol. The number of fused-ring (bicyclic) bond motifs is 1. The summed E-state index contributed by atoms with van der Waals surface area (Å²) in [4.78, 5) is 41.0. The van der Waals surface area contributed by atoms with Gasteiger partial charge in [-0.25, -0.2) is 9.18 Å². The number of aliphatic hydroxyl groups excluding tert-OH is 1. The Morgan fingerprint density at radius 3 is 2.58 bits per heavy atom. The number of hydrogen-bond acceptors (Lipinski definition) is 6. The van der Waals surface area contributed by atoms with Gasteiger partial charge in [-0.3, -0.25) is 14.2 Å². The van der Waals surface area contributed by atoms with Gasteiger partial charge in [0.2, 0.25) is 0 Å². The average molecular weight is 453 g/mol. The van der Waals surface area contributed by atoms with E-state index in [9.17, 15) is 23.9 Å². The lowest BCUT2D eigenvalue weighted by Crippen LogP contribution is -2.32. The first-order valence-corrected chi connectivity index (χ1v) is 10.5. The Morgan fingerprint density at radius 1 is 1.15 bits per heavy atom. The van der Waals surface area contributed by atoms with Gasteiger partial charge in [0, 0.05) is 24.7 Å². The molecule has 0 saturated carbocycles. The number of halogens is 1. The Morgan fingerprint density at radius 2 is 1.88 bits per heavy atom. The van der Waals surface area contributed by atoms with Crippen LogP contribution in [0.25, 0.3) is 16.9 Å². The molecule has 1 aliphatic heterocycles. The molecule has 1 aromatic heterocycles. The smallest absolute Gasteiger partial charge is 0.419 e. The van der Waals surface area contributed by atoms with Crippen LogP contribution in [0.15, 0.2) is 57.2 Å². The van der Waals surface area contributed by atoms with Crippen molar-refractivity contribution in [3.8, 4) is 0 Å². The monoisotopic (exact) mass is 453 g/mol. The number of ketones is 1. The molecule has 3 aromatic rings. The lowest BCUT2D eigenvalue weighted by Gasteiger charge is -2.26. The van der Waals surface area contributed by atoms with Gasteiger partial charge >= 0.3 is 5.76 Å². The third kappa shape index (κ3) is 3.95. The molecule has 1 unspecified atom stereocenters. The van der Waals surface area contributed by atoms with Crippen molar-refractivity contribution in [1.82, 2.24) is 14.4 Å². The Balaban J connectivity index is 1.85. The van der Waals surface area contributed by atoms with Gasteiger partial charge in [0.25, 0.3) is 11.7 Å². The second-order valence-electron chi connectivity index (χ2n) is 8.28.